The molecule has 1 aliphatic heterocycles. The molecule has 5 rings (SSSR count). The number of aromatic amines is 1. The van der Waals surface area contributed by atoms with Gasteiger partial charge in [0.05, 0.1) is 17.1 Å². The van der Waals surface area contributed by atoms with Crippen molar-refractivity contribution in [3.8, 4) is 22.5 Å². The fourth-order valence-corrected chi connectivity index (χ4v) is 6.21. The maximum atomic E-state index is 13.2. The van der Waals surface area contributed by atoms with Crippen molar-refractivity contribution < 1.29 is 8.42 Å². The normalized spacial score (nSPS) is 14.2. The number of benzene rings is 2. The molecule has 1 aliphatic rings. The zero-order chi connectivity index (χ0) is 25.7. The average Bonchev–Trinajstić information content (AvgIpc) is 3.55. The molecule has 0 aliphatic carbocycles. The lowest BCUT2D eigenvalue weighted by atomic mass is 10.1. The number of nitrogens with one attached hydrogen (secondary N) is 1. The Morgan fingerprint density at radius 3 is 2.24 bits per heavy atom. The highest BCUT2D eigenvalue weighted by Gasteiger charge is 2.23. The summed E-state index contributed by atoms with van der Waals surface area (Å²) in [7, 11) is -3.54. The van der Waals surface area contributed by atoms with Gasteiger partial charge in [-0.15, -0.1) is 0 Å². The molecule has 1 saturated heterocycles. The number of H-pyrrole nitrogens is 1. The summed E-state index contributed by atoms with van der Waals surface area (Å²) in [5.74, 6) is 1.14. The van der Waals surface area contributed by atoms with Gasteiger partial charge in [-0.2, -0.15) is 5.10 Å². The van der Waals surface area contributed by atoms with Crippen LogP contribution in [0.3, 0.4) is 0 Å². The Bertz CT molecular complexity index is 1350. The van der Waals surface area contributed by atoms with Gasteiger partial charge in [0, 0.05) is 42.5 Å². The molecule has 0 bridgehead atoms. The van der Waals surface area contributed by atoms with Gasteiger partial charge < -0.3 is 9.88 Å². The van der Waals surface area contributed by atoms with Gasteiger partial charge in [-0.05, 0) is 39.0 Å². The first-order valence-corrected chi connectivity index (χ1v) is 14.9. The topological polar surface area (TPSA) is 83.9 Å². The molecule has 0 radical (unpaired) electrons. The van der Waals surface area contributed by atoms with Crippen LogP contribution in [0.25, 0.3) is 22.5 Å². The number of anilines is 1. The third-order valence-corrected chi connectivity index (χ3v) is 8.63. The zero-order valence-electron chi connectivity index (χ0n) is 21.4. The number of hydrogen-bond donors (Lipinski definition) is 1. The van der Waals surface area contributed by atoms with Crippen molar-refractivity contribution in [3.63, 3.8) is 0 Å². The van der Waals surface area contributed by atoms with Crippen molar-refractivity contribution >= 4 is 15.7 Å². The zero-order valence-corrected chi connectivity index (χ0v) is 22.3. The van der Waals surface area contributed by atoms with Gasteiger partial charge in [-0.3, -0.25) is 4.68 Å². The van der Waals surface area contributed by atoms with Gasteiger partial charge in [-0.25, -0.2) is 13.4 Å². The van der Waals surface area contributed by atoms with E-state index in [2.05, 4.69) is 32.5 Å². The van der Waals surface area contributed by atoms with Crippen LogP contribution >= 0.6 is 0 Å². The van der Waals surface area contributed by atoms with Crippen LogP contribution in [0.1, 0.15) is 44.2 Å². The summed E-state index contributed by atoms with van der Waals surface area (Å²) >= 11 is 0. The van der Waals surface area contributed by atoms with Crippen molar-refractivity contribution in [2.75, 3.05) is 23.7 Å². The van der Waals surface area contributed by atoms with Gasteiger partial charge in [-0.1, -0.05) is 67.1 Å². The summed E-state index contributed by atoms with van der Waals surface area (Å²) in [6, 6.07) is 21.6. The predicted octanol–water partition coefficient (Wildman–Crippen LogP) is 5.88. The molecule has 0 atom stereocenters. The second-order valence-electron chi connectivity index (χ2n) is 9.79. The number of rotatable bonds is 10. The lowest BCUT2D eigenvalue weighted by molar-refractivity contribution is 0.529. The van der Waals surface area contributed by atoms with Crippen molar-refractivity contribution in [2.24, 2.45) is 0 Å². The number of aromatic nitrogens is 4. The average molecular weight is 518 g/mol. The molecule has 0 amide bonds. The summed E-state index contributed by atoms with van der Waals surface area (Å²) in [5.41, 5.74) is 4.34. The smallest absolute Gasteiger partial charge is 0.226 e. The van der Waals surface area contributed by atoms with Crippen LogP contribution in [0.2, 0.25) is 0 Å². The summed E-state index contributed by atoms with van der Waals surface area (Å²) < 4.78 is 28.5. The molecule has 2 aromatic carbocycles. The highest BCUT2D eigenvalue weighted by atomic mass is 32.2. The van der Waals surface area contributed by atoms with Crippen LogP contribution in [0.5, 0.6) is 0 Å². The molecule has 4 aromatic rings. The maximum Gasteiger partial charge on any atom is 0.226 e. The minimum Gasteiger partial charge on any atom is -0.355 e. The van der Waals surface area contributed by atoms with Gasteiger partial charge >= 0.3 is 0 Å². The second-order valence-corrected chi connectivity index (χ2v) is 11.8. The van der Waals surface area contributed by atoms with Crippen molar-refractivity contribution in [1.82, 2.24) is 19.7 Å². The van der Waals surface area contributed by atoms with Crippen molar-refractivity contribution in [3.05, 3.63) is 72.4 Å². The third-order valence-electron chi connectivity index (χ3n) is 7.02. The predicted molar refractivity (Wildman–Crippen MR) is 148 cm³/mol. The Labute approximate surface area is 219 Å². The maximum absolute atomic E-state index is 13.2. The van der Waals surface area contributed by atoms with E-state index in [-0.39, 0.29) is 10.9 Å². The quantitative estimate of drug-likeness (QED) is 0.266. The van der Waals surface area contributed by atoms with Crippen LogP contribution in [-0.2, 0) is 16.4 Å². The van der Waals surface area contributed by atoms with Gasteiger partial charge in [0.15, 0.2) is 5.82 Å². The number of piperidine rings is 1. The molecule has 3 heterocycles. The fourth-order valence-electron chi connectivity index (χ4n) is 4.94. The van der Waals surface area contributed by atoms with E-state index in [9.17, 15) is 8.42 Å². The van der Waals surface area contributed by atoms with Crippen LogP contribution in [-0.4, -0.2) is 47.0 Å². The molecular weight excluding hydrogens is 482 g/mol. The molecule has 0 spiro atoms. The largest absolute Gasteiger partial charge is 0.355 e. The molecule has 194 valence electrons. The molecule has 2 aromatic heterocycles. The number of nitrogens with zero attached hydrogens (tertiary/aromatic N) is 4. The Balaban J connectivity index is 1.22. The number of hydrogen-bond acceptors (Lipinski definition) is 5. The lowest BCUT2D eigenvalue weighted by Gasteiger charge is -2.26. The first kappa shape index (κ1) is 25.3. The molecule has 1 fully saturated rings. The second kappa shape index (κ2) is 11.3. The van der Waals surface area contributed by atoms with Crippen molar-refractivity contribution in [2.45, 2.75) is 57.1 Å². The first-order valence-electron chi connectivity index (χ1n) is 13.2. The summed E-state index contributed by atoms with van der Waals surface area (Å²) in [5, 5.41) is 4.85. The van der Waals surface area contributed by atoms with Gasteiger partial charge in [0.2, 0.25) is 15.0 Å². The molecule has 7 nitrogen and oxygen atoms in total. The standard InChI is InChI=1S/C29H35N5O2S/c1-23-22-26(33-18-10-4-11-19-33)32-34(23)20-12-5-13-21-37(35,36)29-30-27(24-14-6-2-7-15-24)28(31-29)25-16-8-3-9-17-25/h2-3,6-9,14-17,22H,4-5,10-13,18-21H2,1H3,(H,30,31). The monoisotopic (exact) mass is 517 g/mol. The van der Waals surface area contributed by atoms with E-state index in [4.69, 9.17) is 5.10 Å². The minimum absolute atomic E-state index is 0.0410. The van der Waals surface area contributed by atoms with E-state index in [1.807, 2.05) is 60.7 Å². The van der Waals surface area contributed by atoms with Gasteiger partial charge in [0.1, 0.15) is 0 Å². The third kappa shape index (κ3) is 5.96. The minimum atomic E-state index is -3.54. The van der Waals surface area contributed by atoms with E-state index in [1.54, 1.807) is 0 Å². The molecule has 37 heavy (non-hydrogen) atoms. The molecular formula is C29H35N5O2S. The number of sulfone groups is 1. The highest BCUT2D eigenvalue weighted by Crippen LogP contribution is 2.31. The van der Waals surface area contributed by atoms with E-state index in [0.717, 1.165) is 60.8 Å². The van der Waals surface area contributed by atoms with E-state index in [0.29, 0.717) is 12.1 Å². The van der Waals surface area contributed by atoms with E-state index >= 15 is 0 Å². The van der Waals surface area contributed by atoms with Crippen LogP contribution in [0.4, 0.5) is 5.82 Å². The Hall–Kier alpha value is -3.39. The summed E-state index contributed by atoms with van der Waals surface area (Å²) in [6.07, 6.45) is 6.06. The SMILES string of the molecule is Cc1cc(N2CCCCC2)nn1CCCCCS(=O)(=O)c1nc(-c2ccccc2)c(-c2ccccc2)[nH]1. The van der Waals surface area contributed by atoms with E-state index in [1.165, 1.54) is 19.3 Å². The number of imidazole rings is 1. The Morgan fingerprint density at radius 2 is 1.54 bits per heavy atom. The molecule has 0 unspecified atom stereocenters. The Kier molecular flexibility index (Phi) is 7.74. The van der Waals surface area contributed by atoms with Crippen LogP contribution < -0.4 is 4.90 Å². The van der Waals surface area contributed by atoms with Gasteiger partial charge in [0.25, 0.3) is 0 Å². The van der Waals surface area contributed by atoms with E-state index < -0.39 is 9.84 Å². The molecule has 0 saturated carbocycles. The van der Waals surface area contributed by atoms with Crippen molar-refractivity contribution in [1.29, 1.82) is 0 Å². The fraction of sp³-hybridized carbons (Fsp3) is 0.379. The molecule has 8 heteroatoms. The summed E-state index contributed by atoms with van der Waals surface area (Å²) in [6.45, 7) is 5.06. The molecule has 1 N–H and O–H groups in total. The van der Waals surface area contributed by atoms with Crippen LogP contribution in [0.15, 0.2) is 71.9 Å². The Morgan fingerprint density at radius 1 is 0.865 bits per heavy atom. The summed E-state index contributed by atoms with van der Waals surface area (Å²) in [4.78, 5) is 10.1. The lowest BCUT2D eigenvalue weighted by Crippen LogP contribution is -2.29. The van der Waals surface area contributed by atoms with Crippen LogP contribution in [0, 0.1) is 6.92 Å². The number of aryl methyl sites for hydroxylation is 2. The highest BCUT2D eigenvalue weighted by molar-refractivity contribution is 7.91. The first-order chi connectivity index (χ1) is 18.0. The number of unbranched alkanes of at least 4 members (excludes halogenated alkanes) is 2.